The first-order valence-electron chi connectivity index (χ1n) is 7.65. The average Bonchev–Trinajstić information content (AvgIpc) is 2.70. The molecule has 3 heterocycles. The second-order valence-electron chi connectivity index (χ2n) is 6.64. The van der Waals surface area contributed by atoms with Crippen molar-refractivity contribution in [2.75, 3.05) is 26.7 Å². The van der Waals surface area contributed by atoms with E-state index in [-0.39, 0.29) is 6.04 Å². The maximum absolute atomic E-state index is 13.0. The number of rotatable bonds is 2. The van der Waals surface area contributed by atoms with Crippen molar-refractivity contribution in [3.63, 3.8) is 0 Å². The van der Waals surface area contributed by atoms with Crippen LogP contribution in [0.15, 0.2) is 23.1 Å². The van der Waals surface area contributed by atoms with Crippen LogP contribution < -0.4 is 0 Å². The average molecular weight is 308 g/mol. The summed E-state index contributed by atoms with van der Waals surface area (Å²) in [6.45, 7) is 6.51. The second-order valence-corrected chi connectivity index (χ2v) is 8.53. The lowest BCUT2D eigenvalue weighted by atomic mass is 9.97. The summed E-state index contributed by atoms with van der Waals surface area (Å²) in [6.07, 6.45) is 2.13. The van der Waals surface area contributed by atoms with Gasteiger partial charge in [0.25, 0.3) is 0 Å². The standard InChI is InChI=1S/C16H24N2O2S/c1-12-4-7-16(8-13(12)2)21(19,20)18-10-14-5-6-15(18)11-17(3)9-14/h4,7-8,14-15H,5-6,9-11H2,1-3H3/t14-,15+/m0/s1. The van der Waals surface area contributed by atoms with Gasteiger partial charge in [-0.1, -0.05) is 6.07 Å². The van der Waals surface area contributed by atoms with Crippen LogP contribution in [0.25, 0.3) is 0 Å². The summed E-state index contributed by atoms with van der Waals surface area (Å²) >= 11 is 0. The van der Waals surface area contributed by atoms with Gasteiger partial charge in [0.15, 0.2) is 0 Å². The topological polar surface area (TPSA) is 40.6 Å². The first-order chi connectivity index (χ1) is 9.88. The highest BCUT2D eigenvalue weighted by atomic mass is 32.2. The Hall–Kier alpha value is -0.910. The molecular formula is C16H24N2O2S. The molecule has 0 saturated carbocycles. The number of sulfonamides is 1. The molecular weight excluding hydrogens is 284 g/mol. The Labute approximate surface area is 127 Å². The summed E-state index contributed by atoms with van der Waals surface area (Å²) < 4.78 is 27.8. The molecule has 0 aliphatic carbocycles. The smallest absolute Gasteiger partial charge is 0.243 e. The van der Waals surface area contributed by atoms with Gasteiger partial charge in [0.1, 0.15) is 0 Å². The van der Waals surface area contributed by atoms with E-state index in [9.17, 15) is 8.42 Å². The summed E-state index contributed by atoms with van der Waals surface area (Å²) in [7, 11) is -1.28. The van der Waals surface area contributed by atoms with Crippen LogP contribution in [0.1, 0.15) is 24.0 Å². The highest BCUT2D eigenvalue weighted by molar-refractivity contribution is 7.89. The molecule has 1 aromatic rings. The summed E-state index contributed by atoms with van der Waals surface area (Å²) in [5.41, 5.74) is 2.17. The van der Waals surface area contributed by atoms with Crippen LogP contribution in [0, 0.1) is 19.8 Å². The largest absolute Gasteiger partial charge is 0.304 e. The number of hydrogen-bond donors (Lipinski definition) is 0. The lowest BCUT2D eigenvalue weighted by Gasteiger charge is -2.35. The Kier molecular flexibility index (Phi) is 3.84. The lowest BCUT2D eigenvalue weighted by Crippen LogP contribution is -2.47. The van der Waals surface area contributed by atoms with Gasteiger partial charge in [0.2, 0.25) is 10.0 Å². The number of fused-ring (bicyclic) bond motifs is 4. The molecule has 4 nitrogen and oxygen atoms in total. The van der Waals surface area contributed by atoms with Crippen molar-refractivity contribution in [1.82, 2.24) is 9.21 Å². The molecule has 0 N–H and O–H groups in total. The van der Waals surface area contributed by atoms with Crippen LogP contribution in [0.3, 0.4) is 0 Å². The summed E-state index contributed by atoms with van der Waals surface area (Å²) in [5.74, 6) is 0.468. The van der Waals surface area contributed by atoms with E-state index in [0.29, 0.717) is 17.4 Å². The molecule has 116 valence electrons. The third-order valence-corrected chi connectivity index (χ3v) is 6.85. The molecule has 0 aromatic heterocycles. The molecule has 3 fully saturated rings. The third kappa shape index (κ3) is 2.74. The van der Waals surface area contributed by atoms with E-state index in [1.165, 1.54) is 0 Å². The fourth-order valence-corrected chi connectivity index (χ4v) is 5.39. The van der Waals surface area contributed by atoms with Crippen LogP contribution >= 0.6 is 0 Å². The van der Waals surface area contributed by atoms with Gasteiger partial charge in [-0.05, 0) is 62.9 Å². The molecule has 0 amide bonds. The van der Waals surface area contributed by atoms with Crippen LogP contribution in [0.2, 0.25) is 0 Å². The van der Waals surface area contributed by atoms with Crippen molar-refractivity contribution in [1.29, 1.82) is 0 Å². The predicted octanol–water partition coefficient (Wildman–Crippen LogP) is 2.02. The number of nitrogens with zero attached hydrogens (tertiary/aromatic N) is 2. The van der Waals surface area contributed by atoms with Crippen molar-refractivity contribution in [2.45, 2.75) is 37.6 Å². The van der Waals surface area contributed by atoms with E-state index < -0.39 is 10.0 Å². The minimum atomic E-state index is -3.37. The maximum atomic E-state index is 13.0. The normalized spacial score (nSPS) is 27.8. The molecule has 3 aliphatic rings. The molecule has 4 rings (SSSR count). The maximum Gasteiger partial charge on any atom is 0.243 e. The first-order valence-corrected chi connectivity index (χ1v) is 9.09. The molecule has 1 aromatic carbocycles. The van der Waals surface area contributed by atoms with Crippen molar-refractivity contribution in [2.24, 2.45) is 5.92 Å². The van der Waals surface area contributed by atoms with Crippen LogP contribution in [-0.4, -0.2) is 50.3 Å². The SMILES string of the molecule is Cc1ccc(S(=O)(=O)N2C[C@H]3CC[C@@H]2CN(C)C3)cc1C. The van der Waals surface area contributed by atoms with Crippen LogP contribution in [-0.2, 0) is 10.0 Å². The van der Waals surface area contributed by atoms with E-state index in [0.717, 1.165) is 37.1 Å². The van der Waals surface area contributed by atoms with Crippen molar-refractivity contribution in [3.8, 4) is 0 Å². The molecule has 5 heteroatoms. The molecule has 3 aliphatic heterocycles. The van der Waals surface area contributed by atoms with Gasteiger partial charge in [-0.2, -0.15) is 4.31 Å². The Morgan fingerprint density at radius 2 is 1.81 bits per heavy atom. The van der Waals surface area contributed by atoms with Gasteiger partial charge < -0.3 is 4.90 Å². The molecule has 2 bridgehead atoms. The summed E-state index contributed by atoms with van der Waals surface area (Å²) in [5, 5.41) is 0. The van der Waals surface area contributed by atoms with E-state index in [1.807, 2.05) is 26.0 Å². The lowest BCUT2D eigenvalue weighted by molar-refractivity contribution is 0.229. The summed E-state index contributed by atoms with van der Waals surface area (Å²) in [6, 6.07) is 5.59. The molecule has 0 radical (unpaired) electrons. The zero-order valence-corrected chi connectivity index (χ0v) is 13.9. The summed E-state index contributed by atoms with van der Waals surface area (Å²) in [4.78, 5) is 2.72. The van der Waals surface area contributed by atoms with Gasteiger partial charge >= 0.3 is 0 Å². The predicted molar refractivity (Wildman–Crippen MR) is 83.8 cm³/mol. The minimum Gasteiger partial charge on any atom is -0.304 e. The van der Waals surface area contributed by atoms with E-state index in [1.54, 1.807) is 10.4 Å². The monoisotopic (exact) mass is 308 g/mol. The van der Waals surface area contributed by atoms with Gasteiger partial charge in [0, 0.05) is 25.7 Å². The van der Waals surface area contributed by atoms with E-state index >= 15 is 0 Å². The fraction of sp³-hybridized carbons (Fsp3) is 0.625. The number of aryl methyl sites for hydroxylation is 2. The fourth-order valence-electron chi connectivity index (χ4n) is 3.58. The zero-order valence-electron chi connectivity index (χ0n) is 13.0. The van der Waals surface area contributed by atoms with Gasteiger partial charge in [-0.3, -0.25) is 0 Å². The highest BCUT2D eigenvalue weighted by Crippen LogP contribution is 2.32. The zero-order chi connectivity index (χ0) is 15.2. The molecule has 2 atom stereocenters. The Morgan fingerprint density at radius 3 is 2.52 bits per heavy atom. The Bertz CT molecular complexity index is 642. The number of likely N-dealkylation sites (N-methyl/N-ethyl adjacent to an activating group) is 1. The van der Waals surface area contributed by atoms with Gasteiger partial charge in [0.05, 0.1) is 4.90 Å². The quantitative estimate of drug-likeness (QED) is 0.839. The van der Waals surface area contributed by atoms with Crippen molar-refractivity contribution >= 4 is 10.0 Å². The van der Waals surface area contributed by atoms with E-state index in [4.69, 9.17) is 0 Å². The molecule has 3 saturated heterocycles. The van der Waals surface area contributed by atoms with Crippen LogP contribution in [0.5, 0.6) is 0 Å². The molecule has 0 unspecified atom stereocenters. The second kappa shape index (κ2) is 5.38. The third-order valence-electron chi connectivity index (χ3n) is 4.93. The van der Waals surface area contributed by atoms with Crippen LogP contribution in [0.4, 0.5) is 0 Å². The van der Waals surface area contributed by atoms with Crippen molar-refractivity contribution < 1.29 is 8.42 Å². The van der Waals surface area contributed by atoms with Crippen molar-refractivity contribution in [3.05, 3.63) is 29.3 Å². The van der Waals surface area contributed by atoms with E-state index in [2.05, 4.69) is 11.9 Å². The Morgan fingerprint density at radius 1 is 1.05 bits per heavy atom. The van der Waals surface area contributed by atoms with Gasteiger partial charge in [-0.15, -0.1) is 0 Å². The Balaban J connectivity index is 1.96. The molecule has 21 heavy (non-hydrogen) atoms. The minimum absolute atomic E-state index is 0.125. The number of piperidine rings is 1. The first kappa shape index (κ1) is 15.0. The highest BCUT2D eigenvalue weighted by Gasteiger charge is 2.40. The number of benzene rings is 1. The molecule has 0 spiro atoms. The van der Waals surface area contributed by atoms with Gasteiger partial charge in [-0.25, -0.2) is 8.42 Å². The number of hydrogen-bond acceptors (Lipinski definition) is 3.